The minimum atomic E-state index is -0.766. The van der Waals surface area contributed by atoms with E-state index in [1.807, 2.05) is 6.07 Å². The highest BCUT2D eigenvalue weighted by Crippen LogP contribution is 2.33. The summed E-state index contributed by atoms with van der Waals surface area (Å²) >= 11 is 0. The van der Waals surface area contributed by atoms with Crippen LogP contribution in [-0.4, -0.2) is 24.9 Å². The van der Waals surface area contributed by atoms with Gasteiger partial charge in [0.05, 0.1) is 25.5 Å². The van der Waals surface area contributed by atoms with E-state index >= 15 is 0 Å². The maximum absolute atomic E-state index is 13.5. The van der Waals surface area contributed by atoms with E-state index in [0.29, 0.717) is 5.56 Å². The number of ether oxygens (including phenoxy) is 1. The van der Waals surface area contributed by atoms with Gasteiger partial charge in [0.1, 0.15) is 5.82 Å². The lowest BCUT2D eigenvalue weighted by Gasteiger charge is -2.27. The van der Waals surface area contributed by atoms with E-state index in [0.717, 1.165) is 5.56 Å². The van der Waals surface area contributed by atoms with Gasteiger partial charge in [0.15, 0.2) is 0 Å². The second-order valence-electron chi connectivity index (χ2n) is 6.29. The maximum Gasteiger partial charge on any atom is 0.307 e. The van der Waals surface area contributed by atoms with Crippen molar-refractivity contribution in [3.8, 4) is 0 Å². The van der Waals surface area contributed by atoms with Crippen LogP contribution in [0.1, 0.15) is 35.9 Å². The van der Waals surface area contributed by atoms with Crippen LogP contribution in [0.15, 0.2) is 48.5 Å². The predicted molar refractivity (Wildman–Crippen MR) is 96.3 cm³/mol. The summed E-state index contributed by atoms with van der Waals surface area (Å²) in [5, 5.41) is 5.41. The average Bonchev–Trinajstić information content (AvgIpc) is 2.66. The Hall–Kier alpha value is -3.22. The lowest BCUT2D eigenvalue weighted by Crippen LogP contribution is -2.37. The van der Waals surface area contributed by atoms with Gasteiger partial charge in [-0.25, -0.2) is 4.39 Å². The molecular weight excluding hydrogens is 351 g/mol. The van der Waals surface area contributed by atoms with Crippen molar-refractivity contribution in [2.75, 3.05) is 12.4 Å². The number of halogens is 1. The molecule has 1 heterocycles. The molecule has 27 heavy (non-hydrogen) atoms. The normalized spacial score (nSPS) is 16.7. The van der Waals surface area contributed by atoms with Crippen LogP contribution < -0.4 is 10.6 Å². The third kappa shape index (κ3) is 4.31. The summed E-state index contributed by atoms with van der Waals surface area (Å²) in [6, 6.07) is 12.4. The number of carbonyl (C=O) groups excluding carboxylic acids is 3. The monoisotopic (exact) mass is 370 g/mol. The quantitative estimate of drug-likeness (QED) is 0.793. The van der Waals surface area contributed by atoms with Gasteiger partial charge in [0.2, 0.25) is 11.8 Å². The van der Waals surface area contributed by atoms with Gasteiger partial charge < -0.3 is 15.4 Å². The van der Waals surface area contributed by atoms with Gasteiger partial charge in [-0.1, -0.05) is 36.4 Å². The fourth-order valence-electron chi connectivity index (χ4n) is 3.13. The fourth-order valence-corrected chi connectivity index (χ4v) is 3.13. The number of hydrogen-bond donors (Lipinski definition) is 2. The molecule has 3 rings (SSSR count). The van der Waals surface area contributed by atoms with E-state index in [4.69, 9.17) is 4.74 Å². The number of amides is 2. The molecule has 0 spiro atoms. The SMILES string of the molecule is COC(=O)C[C@H](NC(=O)[C@H]1CC(=O)Nc2cc(F)ccc21)c1ccccc1. The van der Waals surface area contributed by atoms with Crippen molar-refractivity contribution < 1.29 is 23.5 Å². The molecule has 1 aliphatic rings. The summed E-state index contributed by atoms with van der Waals surface area (Å²) < 4.78 is 18.2. The van der Waals surface area contributed by atoms with Crippen molar-refractivity contribution in [3.63, 3.8) is 0 Å². The highest BCUT2D eigenvalue weighted by molar-refractivity contribution is 6.01. The largest absolute Gasteiger partial charge is 0.469 e. The second-order valence-corrected chi connectivity index (χ2v) is 6.29. The first-order valence-electron chi connectivity index (χ1n) is 8.49. The van der Waals surface area contributed by atoms with Gasteiger partial charge >= 0.3 is 5.97 Å². The molecule has 0 unspecified atom stereocenters. The van der Waals surface area contributed by atoms with E-state index in [2.05, 4.69) is 10.6 Å². The van der Waals surface area contributed by atoms with Gasteiger partial charge in [-0.3, -0.25) is 14.4 Å². The number of rotatable bonds is 5. The van der Waals surface area contributed by atoms with Crippen molar-refractivity contribution in [1.29, 1.82) is 0 Å². The van der Waals surface area contributed by atoms with Crippen LogP contribution >= 0.6 is 0 Å². The van der Waals surface area contributed by atoms with Gasteiger partial charge in [-0.2, -0.15) is 0 Å². The molecule has 0 bridgehead atoms. The standard InChI is InChI=1S/C20H19FN2O4/c1-27-19(25)11-16(12-5-3-2-4-6-12)23-20(26)15-10-18(24)22-17-9-13(21)7-8-14(15)17/h2-9,15-16H,10-11H2,1H3,(H,22,24)(H,23,26)/t15-,16-/m0/s1. The van der Waals surface area contributed by atoms with Gasteiger partial charge in [-0.05, 0) is 23.3 Å². The Labute approximate surface area is 155 Å². The van der Waals surface area contributed by atoms with Crippen LogP contribution in [0.4, 0.5) is 10.1 Å². The van der Waals surface area contributed by atoms with Crippen LogP contribution in [0.3, 0.4) is 0 Å². The zero-order valence-electron chi connectivity index (χ0n) is 14.7. The Bertz CT molecular complexity index is 870. The van der Waals surface area contributed by atoms with E-state index in [1.54, 1.807) is 24.3 Å². The number of hydrogen-bond acceptors (Lipinski definition) is 4. The Morgan fingerprint density at radius 2 is 2.00 bits per heavy atom. The molecule has 0 saturated carbocycles. The van der Waals surface area contributed by atoms with E-state index in [-0.39, 0.29) is 24.4 Å². The predicted octanol–water partition coefficient (Wildman–Crippen LogP) is 2.67. The first-order chi connectivity index (χ1) is 13.0. The van der Waals surface area contributed by atoms with Crippen LogP contribution in [-0.2, 0) is 19.1 Å². The molecule has 0 saturated heterocycles. The zero-order chi connectivity index (χ0) is 19.4. The molecule has 7 heteroatoms. The van der Waals surface area contributed by atoms with E-state index in [1.165, 1.54) is 25.3 Å². The van der Waals surface area contributed by atoms with Crippen molar-refractivity contribution in [2.24, 2.45) is 0 Å². The zero-order valence-corrected chi connectivity index (χ0v) is 14.7. The number of esters is 1. The van der Waals surface area contributed by atoms with Crippen LogP contribution in [0, 0.1) is 5.82 Å². The van der Waals surface area contributed by atoms with E-state index < -0.39 is 29.7 Å². The maximum atomic E-state index is 13.5. The van der Waals surface area contributed by atoms with E-state index in [9.17, 15) is 18.8 Å². The lowest BCUT2D eigenvalue weighted by molar-refractivity contribution is -0.141. The molecule has 1 aliphatic heterocycles. The van der Waals surface area contributed by atoms with Crippen LogP contribution in [0.25, 0.3) is 0 Å². The summed E-state index contributed by atoms with van der Waals surface area (Å²) in [5.74, 6) is -2.50. The molecule has 2 N–H and O–H groups in total. The first-order valence-corrected chi connectivity index (χ1v) is 8.49. The Morgan fingerprint density at radius 1 is 1.26 bits per heavy atom. The number of benzene rings is 2. The molecule has 0 fully saturated rings. The molecule has 2 aromatic carbocycles. The molecule has 2 amide bonds. The average molecular weight is 370 g/mol. The number of carbonyl (C=O) groups is 3. The summed E-state index contributed by atoms with van der Waals surface area (Å²) in [6.45, 7) is 0. The number of fused-ring (bicyclic) bond motifs is 1. The molecule has 140 valence electrons. The second kappa shape index (κ2) is 7.99. The smallest absolute Gasteiger partial charge is 0.307 e. The number of nitrogens with one attached hydrogen (secondary N) is 2. The van der Waals surface area contributed by atoms with Crippen LogP contribution in [0.5, 0.6) is 0 Å². The van der Waals surface area contributed by atoms with Crippen molar-refractivity contribution >= 4 is 23.5 Å². The minimum Gasteiger partial charge on any atom is -0.469 e. The highest BCUT2D eigenvalue weighted by atomic mass is 19.1. The van der Waals surface area contributed by atoms with Gasteiger partial charge in [0, 0.05) is 12.1 Å². The third-order valence-corrected chi connectivity index (χ3v) is 4.49. The van der Waals surface area contributed by atoms with Gasteiger partial charge in [0.25, 0.3) is 0 Å². The summed E-state index contributed by atoms with van der Waals surface area (Å²) in [6.07, 6.45) is -0.0916. The fraction of sp³-hybridized carbons (Fsp3) is 0.250. The Morgan fingerprint density at radius 3 is 2.70 bits per heavy atom. The van der Waals surface area contributed by atoms with Crippen molar-refractivity contribution in [1.82, 2.24) is 5.32 Å². The molecule has 6 nitrogen and oxygen atoms in total. The number of methoxy groups -OCH3 is 1. The molecule has 2 atom stereocenters. The summed E-state index contributed by atoms with van der Waals surface area (Å²) in [5.41, 5.74) is 1.57. The molecule has 0 radical (unpaired) electrons. The Balaban J connectivity index is 1.85. The molecule has 2 aromatic rings. The highest BCUT2D eigenvalue weighted by Gasteiger charge is 2.32. The summed E-state index contributed by atoms with van der Waals surface area (Å²) in [4.78, 5) is 36.6. The topological polar surface area (TPSA) is 84.5 Å². The molecule has 0 aliphatic carbocycles. The summed E-state index contributed by atoms with van der Waals surface area (Å²) in [7, 11) is 1.28. The molecule has 0 aromatic heterocycles. The molecular formula is C20H19FN2O4. The minimum absolute atomic E-state index is 0.0402. The van der Waals surface area contributed by atoms with Crippen molar-refractivity contribution in [3.05, 3.63) is 65.5 Å². The first kappa shape index (κ1) is 18.6. The lowest BCUT2D eigenvalue weighted by atomic mass is 9.89. The number of anilines is 1. The van der Waals surface area contributed by atoms with Crippen LogP contribution in [0.2, 0.25) is 0 Å². The van der Waals surface area contributed by atoms with Gasteiger partial charge in [-0.15, -0.1) is 0 Å². The van der Waals surface area contributed by atoms with Crippen molar-refractivity contribution in [2.45, 2.75) is 24.8 Å². The third-order valence-electron chi connectivity index (χ3n) is 4.49. The Kier molecular flexibility index (Phi) is 5.49.